The fourth-order valence-corrected chi connectivity index (χ4v) is 6.67. The van der Waals surface area contributed by atoms with Crippen LogP contribution in [0.1, 0.15) is 91.9 Å². The minimum atomic E-state index is -1.64. The van der Waals surface area contributed by atoms with Gasteiger partial charge in [-0.15, -0.1) is 0 Å². The second-order valence-corrected chi connectivity index (χ2v) is 11.4. The van der Waals surface area contributed by atoms with Crippen LogP contribution in [0.2, 0.25) is 0 Å². The van der Waals surface area contributed by atoms with E-state index < -0.39 is 17.5 Å². The molecule has 3 aliphatic rings. The van der Waals surface area contributed by atoms with E-state index in [9.17, 15) is 20.4 Å². The lowest BCUT2D eigenvalue weighted by atomic mass is 9.58. The number of fused-ring (bicyclic) bond motifs is 1. The Morgan fingerprint density at radius 2 is 1.87 bits per heavy atom. The van der Waals surface area contributed by atoms with Crippen LogP contribution in [0.4, 0.5) is 0 Å². The Balaban J connectivity index is 1.81. The van der Waals surface area contributed by atoms with E-state index in [-0.39, 0.29) is 23.7 Å². The number of hydrogen-bond acceptors (Lipinski definition) is 4. The van der Waals surface area contributed by atoms with Gasteiger partial charge in [0.2, 0.25) is 0 Å². The maximum absolute atomic E-state index is 11.5. The zero-order valence-corrected chi connectivity index (χ0v) is 20.0. The van der Waals surface area contributed by atoms with Crippen LogP contribution in [-0.2, 0) is 0 Å². The maximum Gasteiger partial charge on any atom is 0.166 e. The van der Waals surface area contributed by atoms with E-state index in [4.69, 9.17) is 0 Å². The van der Waals surface area contributed by atoms with E-state index in [1.807, 2.05) is 13.0 Å². The SMILES string of the molecule is C=C1CCC(O)(O)C/C1=C/C=C1\CCC(O)[C@@]2(C)[C@H]([C@](C)(O)CCCC(C)C)CC[C@@H]12. The van der Waals surface area contributed by atoms with Crippen molar-refractivity contribution in [1.29, 1.82) is 0 Å². The van der Waals surface area contributed by atoms with Gasteiger partial charge in [-0.3, -0.25) is 0 Å². The van der Waals surface area contributed by atoms with Crippen molar-refractivity contribution >= 4 is 0 Å². The molecule has 4 heteroatoms. The molecule has 31 heavy (non-hydrogen) atoms. The van der Waals surface area contributed by atoms with Crippen molar-refractivity contribution < 1.29 is 20.4 Å². The molecule has 176 valence electrons. The van der Waals surface area contributed by atoms with E-state index in [2.05, 4.69) is 33.4 Å². The molecule has 0 aromatic rings. The van der Waals surface area contributed by atoms with Crippen LogP contribution < -0.4 is 0 Å². The summed E-state index contributed by atoms with van der Waals surface area (Å²) in [5, 5.41) is 42.6. The molecule has 4 nitrogen and oxygen atoms in total. The molecule has 3 aliphatic carbocycles. The Morgan fingerprint density at radius 3 is 2.55 bits per heavy atom. The number of aliphatic hydroxyl groups excluding tert-OH is 1. The molecule has 5 atom stereocenters. The average Bonchev–Trinajstić information content (AvgIpc) is 3.03. The number of allylic oxidation sites excluding steroid dienone is 4. The quantitative estimate of drug-likeness (QED) is 0.444. The van der Waals surface area contributed by atoms with Crippen molar-refractivity contribution in [3.8, 4) is 0 Å². The Labute approximate surface area is 188 Å². The molecule has 3 saturated carbocycles. The summed E-state index contributed by atoms with van der Waals surface area (Å²) in [5.74, 6) is -0.678. The lowest BCUT2D eigenvalue weighted by Crippen LogP contribution is -2.52. The first-order valence-corrected chi connectivity index (χ1v) is 12.3. The first kappa shape index (κ1) is 24.7. The average molecular weight is 433 g/mol. The van der Waals surface area contributed by atoms with Crippen LogP contribution in [0.5, 0.6) is 0 Å². The predicted octanol–water partition coefficient (Wildman–Crippen LogP) is 5.02. The number of hydrogen-bond donors (Lipinski definition) is 4. The van der Waals surface area contributed by atoms with E-state index in [0.29, 0.717) is 25.2 Å². The van der Waals surface area contributed by atoms with Gasteiger partial charge in [-0.05, 0) is 68.8 Å². The van der Waals surface area contributed by atoms with Gasteiger partial charge < -0.3 is 20.4 Å². The molecule has 3 fully saturated rings. The Bertz CT molecular complexity index is 730. The number of rotatable bonds is 6. The molecule has 0 heterocycles. The standard InChI is InChI=1S/C27H44O4/c1-18(2)7-6-15-25(4,29)23-12-11-22-20(10-13-24(28)26(22,23)5)8-9-21-17-27(30,31)16-14-19(21)3/h8-9,18,22-24,28-31H,3,6-7,10-17H2,1-2,4-5H3/b20-8+,21-9-/t22-,23-,24?,25+,26+/m0/s1. The molecule has 1 unspecified atom stereocenters. The van der Waals surface area contributed by atoms with Crippen LogP contribution in [0.15, 0.2) is 35.5 Å². The Kier molecular flexibility index (Phi) is 7.27. The fourth-order valence-electron chi connectivity index (χ4n) is 6.67. The summed E-state index contributed by atoms with van der Waals surface area (Å²) in [4.78, 5) is 0. The third-order valence-corrected chi connectivity index (χ3v) is 8.59. The van der Waals surface area contributed by atoms with E-state index in [1.54, 1.807) is 0 Å². The van der Waals surface area contributed by atoms with Crippen molar-refractivity contribution in [3.63, 3.8) is 0 Å². The molecule has 3 rings (SSSR count). The topological polar surface area (TPSA) is 80.9 Å². The highest BCUT2D eigenvalue weighted by molar-refractivity contribution is 5.37. The molecule has 0 aromatic carbocycles. The van der Waals surface area contributed by atoms with E-state index in [1.165, 1.54) is 5.57 Å². The molecule has 0 spiro atoms. The van der Waals surface area contributed by atoms with Crippen LogP contribution >= 0.6 is 0 Å². The van der Waals surface area contributed by atoms with Gasteiger partial charge in [0.15, 0.2) is 5.79 Å². The van der Waals surface area contributed by atoms with Gasteiger partial charge in [-0.2, -0.15) is 0 Å². The van der Waals surface area contributed by atoms with Gasteiger partial charge in [0.1, 0.15) is 0 Å². The maximum atomic E-state index is 11.5. The van der Waals surface area contributed by atoms with E-state index in [0.717, 1.165) is 49.7 Å². The summed E-state index contributed by atoms with van der Waals surface area (Å²) >= 11 is 0. The largest absolute Gasteiger partial charge is 0.393 e. The third-order valence-electron chi connectivity index (χ3n) is 8.59. The Morgan fingerprint density at radius 1 is 1.16 bits per heavy atom. The van der Waals surface area contributed by atoms with Crippen LogP contribution in [0, 0.1) is 23.2 Å². The zero-order valence-electron chi connectivity index (χ0n) is 20.0. The summed E-state index contributed by atoms with van der Waals surface area (Å²) < 4.78 is 0. The minimum absolute atomic E-state index is 0.0793. The molecule has 0 amide bonds. The van der Waals surface area contributed by atoms with Crippen LogP contribution in [-0.4, -0.2) is 37.9 Å². The molecule has 0 radical (unpaired) electrons. The van der Waals surface area contributed by atoms with Gasteiger partial charge in [0, 0.05) is 18.3 Å². The summed E-state index contributed by atoms with van der Waals surface area (Å²) in [7, 11) is 0. The first-order valence-electron chi connectivity index (χ1n) is 12.3. The van der Waals surface area contributed by atoms with E-state index >= 15 is 0 Å². The molecule has 0 saturated heterocycles. The summed E-state index contributed by atoms with van der Waals surface area (Å²) in [6.45, 7) is 12.7. The summed E-state index contributed by atoms with van der Waals surface area (Å²) in [6.07, 6.45) is 11.3. The highest BCUT2D eigenvalue weighted by atomic mass is 16.5. The van der Waals surface area contributed by atoms with Crippen molar-refractivity contribution in [2.45, 2.75) is 109 Å². The van der Waals surface area contributed by atoms with Gasteiger partial charge in [0.25, 0.3) is 0 Å². The smallest absolute Gasteiger partial charge is 0.166 e. The van der Waals surface area contributed by atoms with Gasteiger partial charge in [-0.1, -0.05) is 63.5 Å². The summed E-state index contributed by atoms with van der Waals surface area (Å²) in [5.41, 5.74) is 2.11. The predicted molar refractivity (Wildman–Crippen MR) is 125 cm³/mol. The van der Waals surface area contributed by atoms with Crippen LogP contribution in [0.3, 0.4) is 0 Å². The second-order valence-electron chi connectivity index (χ2n) is 11.4. The molecule has 4 N–H and O–H groups in total. The first-order chi connectivity index (χ1) is 14.4. The van der Waals surface area contributed by atoms with Gasteiger partial charge in [0.05, 0.1) is 11.7 Å². The monoisotopic (exact) mass is 432 g/mol. The van der Waals surface area contributed by atoms with Crippen molar-refractivity contribution in [2.24, 2.45) is 23.2 Å². The lowest BCUT2D eigenvalue weighted by Gasteiger charge is -2.50. The van der Waals surface area contributed by atoms with Gasteiger partial charge in [-0.25, -0.2) is 0 Å². The normalized spacial score (nSPS) is 38.0. The molecule has 0 aliphatic heterocycles. The number of aliphatic hydroxyl groups is 4. The highest BCUT2D eigenvalue weighted by Crippen LogP contribution is 2.60. The highest BCUT2D eigenvalue weighted by Gasteiger charge is 2.58. The van der Waals surface area contributed by atoms with Crippen LogP contribution in [0.25, 0.3) is 0 Å². The Hall–Kier alpha value is -0.940. The molecule has 0 aromatic heterocycles. The molecular formula is C27H44O4. The summed E-state index contributed by atoms with van der Waals surface area (Å²) in [6, 6.07) is 0. The van der Waals surface area contributed by atoms with Crippen molar-refractivity contribution in [1.82, 2.24) is 0 Å². The second kappa shape index (κ2) is 9.13. The molecule has 0 bridgehead atoms. The fraction of sp³-hybridized carbons (Fsp3) is 0.778. The lowest BCUT2D eigenvalue weighted by molar-refractivity contribution is -0.166. The third kappa shape index (κ3) is 5.19. The van der Waals surface area contributed by atoms with Crippen molar-refractivity contribution in [2.75, 3.05) is 0 Å². The van der Waals surface area contributed by atoms with Crippen molar-refractivity contribution in [3.05, 3.63) is 35.5 Å². The zero-order chi connectivity index (χ0) is 23.0. The van der Waals surface area contributed by atoms with Gasteiger partial charge >= 0.3 is 0 Å². The molecular weight excluding hydrogens is 388 g/mol. The minimum Gasteiger partial charge on any atom is -0.393 e.